The van der Waals surface area contributed by atoms with Crippen molar-refractivity contribution < 1.29 is 28.5 Å². The lowest BCUT2D eigenvalue weighted by Crippen LogP contribution is -2.32. The van der Waals surface area contributed by atoms with Gasteiger partial charge >= 0.3 is 5.97 Å². The van der Waals surface area contributed by atoms with E-state index in [-0.39, 0.29) is 17.2 Å². The fourth-order valence-corrected chi connectivity index (χ4v) is 2.80. The van der Waals surface area contributed by atoms with Crippen LogP contribution in [0.4, 0.5) is 5.69 Å². The summed E-state index contributed by atoms with van der Waals surface area (Å²) < 4.78 is 20.9. The number of nitrogens with one attached hydrogen (secondary N) is 1. The SMILES string of the molecule is COC(=O)c1cc(OC)c(OC)cc1NC(=O)[C@H]1Cc2ccccc2O1. The molecule has 0 fully saturated rings. The fraction of sp³-hybridized carbons (Fsp3) is 0.263. The number of para-hydroxylation sites is 1. The number of carbonyl (C=O) groups excluding carboxylic acids is 2. The standard InChI is InChI=1S/C19H19NO6/c1-23-15-9-12(19(22)25-3)13(10-16(15)24-2)20-18(21)17-8-11-6-4-5-7-14(11)26-17/h4-7,9-10,17H,8H2,1-3H3,(H,20,21)/t17-/m1/s1. The summed E-state index contributed by atoms with van der Waals surface area (Å²) in [4.78, 5) is 24.7. The Bertz CT molecular complexity index is 823. The Labute approximate surface area is 150 Å². The van der Waals surface area contributed by atoms with Gasteiger partial charge in [-0.2, -0.15) is 0 Å². The second kappa shape index (κ2) is 7.35. The largest absolute Gasteiger partial charge is 0.493 e. The molecule has 7 heteroatoms. The van der Waals surface area contributed by atoms with Gasteiger partial charge in [-0.1, -0.05) is 18.2 Å². The highest BCUT2D eigenvalue weighted by molar-refractivity contribution is 6.03. The molecule has 26 heavy (non-hydrogen) atoms. The molecule has 0 unspecified atom stereocenters. The van der Waals surface area contributed by atoms with Gasteiger partial charge in [-0.3, -0.25) is 4.79 Å². The highest BCUT2D eigenvalue weighted by Gasteiger charge is 2.30. The van der Waals surface area contributed by atoms with Crippen LogP contribution in [0, 0.1) is 0 Å². The fourth-order valence-electron chi connectivity index (χ4n) is 2.80. The first-order valence-corrected chi connectivity index (χ1v) is 7.97. The molecular formula is C19H19NO6. The Morgan fingerprint density at radius 2 is 1.77 bits per heavy atom. The predicted octanol–water partition coefficient (Wildman–Crippen LogP) is 2.43. The average Bonchev–Trinajstić information content (AvgIpc) is 3.11. The third-order valence-electron chi connectivity index (χ3n) is 4.13. The van der Waals surface area contributed by atoms with Crippen LogP contribution in [0.1, 0.15) is 15.9 Å². The van der Waals surface area contributed by atoms with Crippen LogP contribution in [0.15, 0.2) is 36.4 Å². The molecule has 7 nitrogen and oxygen atoms in total. The van der Waals surface area contributed by atoms with Crippen molar-refractivity contribution in [3.05, 3.63) is 47.5 Å². The normalized spacial score (nSPS) is 14.8. The summed E-state index contributed by atoms with van der Waals surface area (Å²) in [5.41, 5.74) is 1.39. The highest BCUT2D eigenvalue weighted by atomic mass is 16.5. The number of carbonyl (C=O) groups is 2. The summed E-state index contributed by atoms with van der Waals surface area (Å²) in [6.45, 7) is 0. The molecular weight excluding hydrogens is 338 g/mol. The number of ether oxygens (including phenoxy) is 4. The van der Waals surface area contributed by atoms with Crippen molar-refractivity contribution >= 4 is 17.6 Å². The van der Waals surface area contributed by atoms with Crippen molar-refractivity contribution in [2.24, 2.45) is 0 Å². The summed E-state index contributed by atoms with van der Waals surface area (Å²) in [7, 11) is 4.19. The lowest BCUT2D eigenvalue weighted by atomic mass is 10.1. The van der Waals surface area contributed by atoms with Gasteiger partial charge in [0.1, 0.15) is 5.75 Å². The number of esters is 1. The minimum Gasteiger partial charge on any atom is -0.493 e. The minimum absolute atomic E-state index is 0.161. The minimum atomic E-state index is -0.675. The molecule has 0 aromatic heterocycles. The predicted molar refractivity (Wildman–Crippen MR) is 94.1 cm³/mol. The van der Waals surface area contributed by atoms with E-state index in [2.05, 4.69) is 5.32 Å². The lowest BCUT2D eigenvalue weighted by Gasteiger charge is -2.16. The van der Waals surface area contributed by atoms with Crippen molar-refractivity contribution in [2.45, 2.75) is 12.5 Å². The van der Waals surface area contributed by atoms with E-state index in [4.69, 9.17) is 18.9 Å². The van der Waals surface area contributed by atoms with Gasteiger partial charge in [0.05, 0.1) is 32.6 Å². The van der Waals surface area contributed by atoms with E-state index in [9.17, 15) is 9.59 Å². The van der Waals surface area contributed by atoms with Crippen LogP contribution in [-0.2, 0) is 16.0 Å². The van der Waals surface area contributed by atoms with E-state index in [1.165, 1.54) is 33.5 Å². The van der Waals surface area contributed by atoms with E-state index < -0.39 is 12.1 Å². The maximum absolute atomic E-state index is 12.6. The number of anilines is 1. The van der Waals surface area contributed by atoms with Crippen LogP contribution in [0.2, 0.25) is 0 Å². The molecule has 3 rings (SSSR count). The van der Waals surface area contributed by atoms with Crippen LogP contribution in [0.25, 0.3) is 0 Å². The van der Waals surface area contributed by atoms with Gasteiger partial charge in [-0.05, 0) is 11.6 Å². The first-order chi connectivity index (χ1) is 12.6. The molecule has 1 heterocycles. The molecule has 0 saturated carbocycles. The molecule has 0 aliphatic carbocycles. The Kier molecular flexibility index (Phi) is 4.97. The number of hydrogen-bond acceptors (Lipinski definition) is 6. The van der Waals surface area contributed by atoms with Crippen LogP contribution in [-0.4, -0.2) is 39.3 Å². The van der Waals surface area contributed by atoms with Crippen molar-refractivity contribution in [2.75, 3.05) is 26.6 Å². The molecule has 1 amide bonds. The zero-order valence-electron chi connectivity index (χ0n) is 14.7. The molecule has 0 bridgehead atoms. The molecule has 0 saturated heterocycles. The van der Waals surface area contributed by atoms with Crippen LogP contribution >= 0.6 is 0 Å². The lowest BCUT2D eigenvalue weighted by molar-refractivity contribution is -0.122. The molecule has 0 radical (unpaired) electrons. The van der Waals surface area contributed by atoms with Crippen LogP contribution in [0.5, 0.6) is 17.2 Å². The number of amides is 1. The number of rotatable bonds is 5. The third kappa shape index (κ3) is 3.28. The van der Waals surface area contributed by atoms with Crippen molar-refractivity contribution in [3.8, 4) is 17.2 Å². The Morgan fingerprint density at radius 1 is 1.08 bits per heavy atom. The smallest absolute Gasteiger partial charge is 0.340 e. The number of hydrogen-bond donors (Lipinski definition) is 1. The molecule has 1 aliphatic heterocycles. The average molecular weight is 357 g/mol. The van der Waals surface area contributed by atoms with E-state index in [0.29, 0.717) is 23.7 Å². The second-order valence-corrected chi connectivity index (χ2v) is 5.65. The maximum atomic E-state index is 12.6. The maximum Gasteiger partial charge on any atom is 0.340 e. The summed E-state index contributed by atoms with van der Waals surface area (Å²) in [5.74, 6) is 0.463. The molecule has 136 valence electrons. The molecule has 2 aromatic carbocycles. The first kappa shape index (κ1) is 17.6. The Balaban J connectivity index is 1.86. The van der Waals surface area contributed by atoms with Crippen molar-refractivity contribution in [1.29, 1.82) is 0 Å². The molecule has 1 atom stereocenters. The van der Waals surface area contributed by atoms with Crippen molar-refractivity contribution in [1.82, 2.24) is 0 Å². The number of fused-ring (bicyclic) bond motifs is 1. The molecule has 1 N–H and O–H groups in total. The van der Waals surface area contributed by atoms with E-state index in [1.807, 2.05) is 24.3 Å². The summed E-state index contributed by atoms with van der Waals surface area (Å²) in [6.07, 6.45) is -0.214. The van der Waals surface area contributed by atoms with E-state index in [1.54, 1.807) is 0 Å². The number of methoxy groups -OCH3 is 3. The number of benzene rings is 2. The monoisotopic (exact) mass is 357 g/mol. The summed E-state index contributed by atoms with van der Waals surface area (Å²) in [6, 6.07) is 10.5. The quantitative estimate of drug-likeness (QED) is 0.828. The van der Waals surface area contributed by atoms with E-state index in [0.717, 1.165) is 5.56 Å². The van der Waals surface area contributed by atoms with Gasteiger partial charge in [0.2, 0.25) is 0 Å². The third-order valence-corrected chi connectivity index (χ3v) is 4.13. The first-order valence-electron chi connectivity index (χ1n) is 7.97. The molecule has 1 aliphatic rings. The molecule has 0 spiro atoms. The zero-order valence-corrected chi connectivity index (χ0v) is 14.7. The van der Waals surface area contributed by atoms with Gasteiger partial charge in [-0.15, -0.1) is 0 Å². The topological polar surface area (TPSA) is 83.1 Å². The Morgan fingerprint density at radius 3 is 2.42 bits per heavy atom. The van der Waals surface area contributed by atoms with Crippen LogP contribution in [0.3, 0.4) is 0 Å². The van der Waals surface area contributed by atoms with Gasteiger partial charge in [0, 0.05) is 18.6 Å². The van der Waals surface area contributed by atoms with Gasteiger partial charge in [0.25, 0.3) is 5.91 Å². The van der Waals surface area contributed by atoms with Crippen molar-refractivity contribution in [3.63, 3.8) is 0 Å². The molecule has 2 aromatic rings. The highest BCUT2D eigenvalue weighted by Crippen LogP contribution is 2.34. The Hall–Kier alpha value is -3.22. The zero-order chi connectivity index (χ0) is 18.7. The summed E-state index contributed by atoms with van der Waals surface area (Å²) >= 11 is 0. The second-order valence-electron chi connectivity index (χ2n) is 5.65. The van der Waals surface area contributed by atoms with E-state index >= 15 is 0 Å². The van der Waals surface area contributed by atoms with Gasteiger partial charge in [-0.25, -0.2) is 4.79 Å². The summed E-state index contributed by atoms with van der Waals surface area (Å²) in [5, 5.41) is 2.73. The van der Waals surface area contributed by atoms with Gasteiger partial charge in [0.15, 0.2) is 17.6 Å². The van der Waals surface area contributed by atoms with Gasteiger partial charge < -0.3 is 24.3 Å². The van der Waals surface area contributed by atoms with Crippen LogP contribution < -0.4 is 19.5 Å².